The zero-order valence-corrected chi connectivity index (χ0v) is 16.0. The lowest BCUT2D eigenvalue weighted by Gasteiger charge is -2.18. The van der Waals surface area contributed by atoms with Gasteiger partial charge in [0, 0.05) is 24.7 Å². The Kier molecular flexibility index (Phi) is 6.47. The van der Waals surface area contributed by atoms with Crippen molar-refractivity contribution in [2.24, 2.45) is 5.73 Å². The summed E-state index contributed by atoms with van der Waals surface area (Å²) >= 11 is 0. The molecule has 150 valence electrons. The van der Waals surface area contributed by atoms with Gasteiger partial charge in [0.15, 0.2) is 0 Å². The van der Waals surface area contributed by atoms with Gasteiger partial charge in [-0.2, -0.15) is 4.31 Å². The van der Waals surface area contributed by atoms with E-state index >= 15 is 0 Å². The molecule has 0 saturated heterocycles. The Labute approximate surface area is 161 Å². The maximum absolute atomic E-state index is 13.9. The number of amides is 2. The second-order valence-corrected chi connectivity index (χ2v) is 7.69. The number of nitrogens with two attached hydrogens (primary N) is 1. The van der Waals surface area contributed by atoms with Crippen molar-refractivity contribution in [1.29, 1.82) is 0 Å². The zero-order chi connectivity index (χ0) is 21.1. The lowest BCUT2D eigenvalue weighted by atomic mass is 10.1. The van der Waals surface area contributed by atoms with E-state index in [2.05, 4.69) is 5.32 Å². The Morgan fingerprint density at radius 3 is 2.29 bits per heavy atom. The van der Waals surface area contributed by atoms with Crippen LogP contribution in [0.15, 0.2) is 41.3 Å². The van der Waals surface area contributed by atoms with Crippen LogP contribution in [0.4, 0.5) is 14.5 Å². The van der Waals surface area contributed by atoms with Gasteiger partial charge in [-0.1, -0.05) is 19.9 Å². The normalized spacial score (nSPS) is 11.5. The molecule has 0 unspecified atom stereocenters. The zero-order valence-electron chi connectivity index (χ0n) is 15.2. The van der Waals surface area contributed by atoms with Crippen LogP contribution < -0.4 is 11.1 Å². The highest BCUT2D eigenvalue weighted by Gasteiger charge is 2.23. The Morgan fingerprint density at radius 1 is 1.07 bits per heavy atom. The van der Waals surface area contributed by atoms with Gasteiger partial charge in [0.05, 0.1) is 16.1 Å². The first-order chi connectivity index (χ1) is 13.1. The summed E-state index contributed by atoms with van der Waals surface area (Å²) in [4.78, 5) is 23.5. The molecule has 0 atom stereocenters. The van der Waals surface area contributed by atoms with Crippen LogP contribution in [0.1, 0.15) is 34.6 Å². The molecule has 0 aliphatic carbocycles. The van der Waals surface area contributed by atoms with E-state index < -0.39 is 44.7 Å². The van der Waals surface area contributed by atoms with Crippen LogP contribution in [-0.4, -0.2) is 37.6 Å². The van der Waals surface area contributed by atoms with Crippen LogP contribution >= 0.6 is 0 Å². The van der Waals surface area contributed by atoms with E-state index in [4.69, 9.17) is 5.73 Å². The molecule has 2 rings (SSSR count). The average Bonchev–Trinajstić information content (AvgIpc) is 2.64. The lowest BCUT2D eigenvalue weighted by molar-refractivity contribution is 0.0992. The Morgan fingerprint density at radius 2 is 1.71 bits per heavy atom. The van der Waals surface area contributed by atoms with Gasteiger partial charge >= 0.3 is 0 Å². The second kappa shape index (κ2) is 8.44. The Bertz CT molecular complexity index is 1020. The molecule has 0 aromatic heterocycles. The number of benzene rings is 2. The quantitative estimate of drug-likeness (QED) is 0.729. The maximum Gasteiger partial charge on any atom is 0.255 e. The summed E-state index contributed by atoms with van der Waals surface area (Å²) < 4.78 is 53.9. The third-order valence-corrected chi connectivity index (χ3v) is 6.06. The Hall–Kier alpha value is -2.85. The minimum atomic E-state index is -3.79. The number of nitrogens with zero attached hydrogens (tertiary/aromatic N) is 1. The molecule has 2 aromatic carbocycles. The number of primary amides is 1. The number of halogens is 2. The molecule has 0 aliphatic heterocycles. The molecule has 2 amide bonds. The number of hydrogen-bond acceptors (Lipinski definition) is 4. The summed E-state index contributed by atoms with van der Waals surface area (Å²) in [5.74, 6) is -4.23. The third kappa shape index (κ3) is 4.34. The van der Waals surface area contributed by atoms with Crippen LogP contribution in [-0.2, 0) is 10.0 Å². The average molecular weight is 411 g/mol. The van der Waals surface area contributed by atoms with Gasteiger partial charge in [0.25, 0.3) is 11.8 Å². The monoisotopic (exact) mass is 411 g/mol. The van der Waals surface area contributed by atoms with Crippen molar-refractivity contribution in [3.8, 4) is 0 Å². The molecule has 7 nitrogen and oxygen atoms in total. The van der Waals surface area contributed by atoms with E-state index in [1.807, 2.05) is 0 Å². The van der Waals surface area contributed by atoms with Crippen LogP contribution in [0.25, 0.3) is 0 Å². The molecule has 0 aliphatic rings. The van der Waals surface area contributed by atoms with E-state index in [1.54, 1.807) is 13.8 Å². The van der Waals surface area contributed by atoms with Crippen LogP contribution in [0.3, 0.4) is 0 Å². The van der Waals surface area contributed by atoms with Crippen molar-refractivity contribution < 1.29 is 26.8 Å². The molecule has 10 heteroatoms. The standard InChI is InChI=1S/C18H19F2N3O4S/c1-3-23(4-2)28(26,27)12-7-5-6-11(8-12)18(25)22-16-9-13(17(21)24)14(19)10-15(16)20/h5-10H,3-4H2,1-2H3,(H2,21,24)(H,22,25). The molecule has 0 fully saturated rings. The Balaban J connectivity index is 2.37. The van der Waals surface area contributed by atoms with Crippen molar-refractivity contribution in [3.05, 3.63) is 59.2 Å². The summed E-state index contributed by atoms with van der Waals surface area (Å²) in [5, 5.41) is 2.19. The topological polar surface area (TPSA) is 110 Å². The molecule has 0 bridgehead atoms. The van der Waals surface area contributed by atoms with Crippen molar-refractivity contribution in [3.63, 3.8) is 0 Å². The fraction of sp³-hybridized carbons (Fsp3) is 0.222. The molecule has 28 heavy (non-hydrogen) atoms. The van der Waals surface area contributed by atoms with Gasteiger partial charge in [-0.25, -0.2) is 17.2 Å². The van der Waals surface area contributed by atoms with Crippen LogP contribution in [0.2, 0.25) is 0 Å². The number of hydrogen-bond donors (Lipinski definition) is 2. The fourth-order valence-corrected chi connectivity index (χ4v) is 4.04. The third-order valence-electron chi connectivity index (χ3n) is 4.01. The first-order valence-corrected chi connectivity index (χ1v) is 9.76. The maximum atomic E-state index is 13.9. The minimum Gasteiger partial charge on any atom is -0.366 e. The van der Waals surface area contributed by atoms with Crippen LogP contribution in [0, 0.1) is 11.6 Å². The molecule has 0 heterocycles. The summed E-state index contributed by atoms with van der Waals surface area (Å²) in [6.45, 7) is 3.88. The predicted molar refractivity (Wildman–Crippen MR) is 99.4 cm³/mol. The first kappa shape index (κ1) is 21.5. The molecule has 0 saturated carbocycles. The largest absolute Gasteiger partial charge is 0.366 e. The number of anilines is 1. The van der Waals surface area contributed by atoms with Crippen molar-refractivity contribution in [2.45, 2.75) is 18.7 Å². The van der Waals surface area contributed by atoms with Crippen molar-refractivity contribution >= 4 is 27.5 Å². The molecule has 0 spiro atoms. The molecule has 3 N–H and O–H groups in total. The lowest BCUT2D eigenvalue weighted by Crippen LogP contribution is -2.30. The van der Waals surface area contributed by atoms with Crippen molar-refractivity contribution in [2.75, 3.05) is 18.4 Å². The number of nitrogens with one attached hydrogen (secondary N) is 1. The summed E-state index contributed by atoms with van der Waals surface area (Å²) in [6.07, 6.45) is 0. The molecular formula is C18H19F2N3O4S. The van der Waals surface area contributed by atoms with E-state index in [9.17, 15) is 26.8 Å². The summed E-state index contributed by atoms with van der Waals surface area (Å²) in [5.41, 5.74) is 3.91. The molecule has 0 radical (unpaired) electrons. The highest BCUT2D eigenvalue weighted by atomic mass is 32.2. The number of rotatable bonds is 7. The van der Waals surface area contributed by atoms with E-state index in [0.29, 0.717) is 6.07 Å². The van der Waals surface area contributed by atoms with Gasteiger partial charge in [0.1, 0.15) is 11.6 Å². The molecular weight excluding hydrogens is 392 g/mol. The van der Waals surface area contributed by atoms with Crippen molar-refractivity contribution in [1.82, 2.24) is 4.31 Å². The SMILES string of the molecule is CCN(CC)S(=O)(=O)c1cccc(C(=O)Nc2cc(C(N)=O)c(F)cc2F)c1. The summed E-state index contributed by atoms with van der Waals surface area (Å²) in [7, 11) is -3.79. The van der Waals surface area contributed by atoms with Crippen LogP contribution in [0.5, 0.6) is 0 Å². The van der Waals surface area contributed by atoms with Gasteiger partial charge in [-0.05, 0) is 24.3 Å². The number of sulfonamides is 1. The highest BCUT2D eigenvalue weighted by molar-refractivity contribution is 7.89. The summed E-state index contributed by atoms with van der Waals surface area (Å²) in [6, 6.07) is 6.42. The second-order valence-electron chi connectivity index (χ2n) is 5.75. The van der Waals surface area contributed by atoms with E-state index in [1.165, 1.54) is 22.5 Å². The van der Waals surface area contributed by atoms with E-state index in [0.717, 1.165) is 12.1 Å². The predicted octanol–water partition coefficient (Wildman–Crippen LogP) is 2.35. The smallest absolute Gasteiger partial charge is 0.255 e. The van der Waals surface area contributed by atoms with Gasteiger partial charge in [0.2, 0.25) is 10.0 Å². The van der Waals surface area contributed by atoms with Gasteiger partial charge in [-0.15, -0.1) is 0 Å². The number of carbonyl (C=O) groups is 2. The minimum absolute atomic E-state index is 0.0578. The van der Waals surface area contributed by atoms with Gasteiger partial charge < -0.3 is 11.1 Å². The first-order valence-electron chi connectivity index (χ1n) is 8.32. The van der Waals surface area contributed by atoms with E-state index in [-0.39, 0.29) is 23.5 Å². The molecule has 2 aromatic rings. The number of carbonyl (C=O) groups excluding carboxylic acids is 2. The highest BCUT2D eigenvalue weighted by Crippen LogP contribution is 2.21. The fourth-order valence-electron chi connectivity index (χ4n) is 2.54. The van der Waals surface area contributed by atoms with Gasteiger partial charge in [-0.3, -0.25) is 9.59 Å².